The third-order valence-electron chi connectivity index (χ3n) is 2.86. The van der Waals surface area contributed by atoms with Crippen LogP contribution in [0.25, 0.3) is 0 Å². The summed E-state index contributed by atoms with van der Waals surface area (Å²) in [7, 11) is 0. The van der Waals surface area contributed by atoms with Crippen LogP contribution in [-0.4, -0.2) is 29.9 Å². The average molecular weight is 239 g/mol. The van der Waals surface area contributed by atoms with E-state index in [9.17, 15) is 9.50 Å². The molecule has 1 aromatic carbocycles. The molecule has 0 radical (unpaired) electrons. The number of aliphatic hydroxyl groups is 1. The second kappa shape index (κ2) is 5.02. The highest BCUT2D eigenvalue weighted by Crippen LogP contribution is 2.23. The Kier molecular flexibility index (Phi) is 3.64. The van der Waals surface area contributed by atoms with Crippen LogP contribution in [-0.2, 0) is 0 Å². The largest absolute Gasteiger partial charge is 0.489 e. The molecule has 0 amide bonds. The summed E-state index contributed by atoms with van der Waals surface area (Å²) in [4.78, 5) is 0. The lowest BCUT2D eigenvalue weighted by molar-refractivity contribution is 0.112. The third kappa shape index (κ3) is 3.41. The van der Waals surface area contributed by atoms with Gasteiger partial charge in [-0.25, -0.2) is 4.39 Å². The minimum absolute atomic E-state index is 0.0298. The zero-order chi connectivity index (χ0) is 12.3. The van der Waals surface area contributed by atoms with E-state index in [1.165, 1.54) is 6.07 Å². The number of hydrogen-bond acceptors (Lipinski definition) is 3. The van der Waals surface area contributed by atoms with Crippen molar-refractivity contribution in [3.8, 4) is 5.75 Å². The Morgan fingerprint density at radius 3 is 2.76 bits per heavy atom. The van der Waals surface area contributed by atoms with E-state index in [4.69, 9.17) is 4.74 Å². The molecule has 0 aliphatic heterocycles. The van der Waals surface area contributed by atoms with E-state index in [2.05, 4.69) is 5.32 Å². The van der Waals surface area contributed by atoms with Crippen molar-refractivity contribution in [2.45, 2.75) is 31.3 Å². The zero-order valence-electron chi connectivity index (χ0n) is 9.95. The molecule has 1 aromatic rings. The molecule has 2 N–H and O–H groups in total. The number of ether oxygens (including phenoxy) is 1. The van der Waals surface area contributed by atoms with Gasteiger partial charge in [0.15, 0.2) is 11.6 Å². The number of hydrogen-bond donors (Lipinski definition) is 2. The van der Waals surface area contributed by atoms with E-state index in [1.807, 2.05) is 6.92 Å². The van der Waals surface area contributed by atoms with Crippen LogP contribution < -0.4 is 10.1 Å². The van der Waals surface area contributed by atoms with Gasteiger partial charge in [0.05, 0.1) is 12.1 Å². The van der Waals surface area contributed by atoms with E-state index in [0.717, 1.165) is 12.8 Å². The van der Waals surface area contributed by atoms with Crippen molar-refractivity contribution in [2.24, 2.45) is 0 Å². The van der Waals surface area contributed by atoms with Crippen LogP contribution in [0.2, 0.25) is 0 Å². The molecule has 1 saturated carbocycles. The highest BCUT2D eigenvalue weighted by atomic mass is 19.1. The maximum atomic E-state index is 13.3. The quantitative estimate of drug-likeness (QED) is 0.794. The first-order valence-corrected chi connectivity index (χ1v) is 5.89. The Morgan fingerprint density at radius 1 is 1.47 bits per heavy atom. The molecule has 0 spiro atoms. The molecule has 4 heteroatoms. The van der Waals surface area contributed by atoms with Crippen LogP contribution >= 0.6 is 0 Å². The number of benzene rings is 1. The summed E-state index contributed by atoms with van der Waals surface area (Å²) >= 11 is 0. The minimum atomic E-state index is -0.510. The van der Waals surface area contributed by atoms with Gasteiger partial charge in [0.1, 0.15) is 6.61 Å². The maximum absolute atomic E-state index is 13.3. The van der Waals surface area contributed by atoms with Gasteiger partial charge in [-0.3, -0.25) is 0 Å². The average Bonchev–Trinajstić information content (AvgIpc) is 3.12. The normalized spacial score (nSPS) is 18.8. The number of rotatable bonds is 6. The van der Waals surface area contributed by atoms with Gasteiger partial charge in [-0.1, -0.05) is 12.1 Å². The van der Waals surface area contributed by atoms with E-state index in [-0.39, 0.29) is 24.8 Å². The van der Waals surface area contributed by atoms with E-state index >= 15 is 0 Å². The highest BCUT2D eigenvalue weighted by Gasteiger charge is 2.32. The lowest BCUT2D eigenvalue weighted by Gasteiger charge is -2.28. The summed E-state index contributed by atoms with van der Waals surface area (Å²) in [5, 5.41) is 12.7. The van der Waals surface area contributed by atoms with Crippen LogP contribution in [0.5, 0.6) is 5.75 Å². The molecule has 3 nitrogen and oxygen atoms in total. The van der Waals surface area contributed by atoms with Crippen molar-refractivity contribution in [1.29, 1.82) is 0 Å². The third-order valence-corrected chi connectivity index (χ3v) is 2.86. The van der Waals surface area contributed by atoms with E-state index in [1.54, 1.807) is 18.2 Å². The first-order valence-electron chi connectivity index (χ1n) is 5.89. The summed E-state index contributed by atoms with van der Waals surface area (Å²) in [6.07, 6.45) is 2.27. The fraction of sp³-hybridized carbons (Fsp3) is 0.538. The lowest BCUT2D eigenvalue weighted by atomic mass is 10.1. The van der Waals surface area contributed by atoms with Gasteiger partial charge >= 0.3 is 0 Å². The predicted octanol–water partition coefficient (Wildman–Crippen LogP) is 1.71. The van der Waals surface area contributed by atoms with Crippen LogP contribution in [0, 0.1) is 5.82 Å². The smallest absolute Gasteiger partial charge is 0.165 e. The molecule has 1 aliphatic rings. The van der Waals surface area contributed by atoms with Crippen molar-refractivity contribution >= 4 is 0 Å². The molecular weight excluding hydrogens is 221 g/mol. The molecule has 0 heterocycles. The topological polar surface area (TPSA) is 41.5 Å². The fourth-order valence-corrected chi connectivity index (χ4v) is 1.65. The standard InChI is InChI=1S/C13H18FNO2/c1-13(8-16,15-10-6-7-10)9-17-12-5-3-2-4-11(12)14/h2-5,10,15-16H,6-9H2,1H3. The number of halogens is 1. The van der Waals surface area contributed by atoms with Gasteiger partial charge in [-0.05, 0) is 31.9 Å². The lowest BCUT2D eigenvalue weighted by Crippen LogP contribution is -2.51. The molecule has 94 valence electrons. The van der Waals surface area contributed by atoms with Crippen LogP contribution in [0.1, 0.15) is 19.8 Å². The Balaban J connectivity index is 1.92. The van der Waals surface area contributed by atoms with Gasteiger partial charge in [-0.15, -0.1) is 0 Å². The predicted molar refractivity (Wildman–Crippen MR) is 63.5 cm³/mol. The van der Waals surface area contributed by atoms with E-state index < -0.39 is 5.54 Å². The van der Waals surface area contributed by atoms with Gasteiger partial charge < -0.3 is 15.2 Å². The molecule has 1 unspecified atom stereocenters. The minimum Gasteiger partial charge on any atom is -0.489 e. The van der Waals surface area contributed by atoms with Crippen molar-refractivity contribution in [3.63, 3.8) is 0 Å². The Hall–Kier alpha value is -1.13. The molecule has 17 heavy (non-hydrogen) atoms. The molecule has 0 bridgehead atoms. The highest BCUT2D eigenvalue weighted by molar-refractivity contribution is 5.23. The summed E-state index contributed by atoms with van der Waals surface area (Å²) in [6, 6.07) is 6.76. The molecular formula is C13H18FNO2. The van der Waals surface area contributed by atoms with Gasteiger partial charge in [-0.2, -0.15) is 0 Å². The number of para-hydroxylation sites is 1. The van der Waals surface area contributed by atoms with Gasteiger partial charge in [0.25, 0.3) is 0 Å². The fourth-order valence-electron chi connectivity index (χ4n) is 1.65. The summed E-state index contributed by atoms with van der Waals surface area (Å²) in [5.74, 6) is -0.149. The first-order chi connectivity index (χ1) is 8.13. The molecule has 1 aliphatic carbocycles. The van der Waals surface area contributed by atoms with Crippen molar-refractivity contribution in [1.82, 2.24) is 5.32 Å². The Bertz CT molecular complexity index is 381. The van der Waals surface area contributed by atoms with Crippen LogP contribution in [0.3, 0.4) is 0 Å². The van der Waals surface area contributed by atoms with Crippen LogP contribution in [0.4, 0.5) is 4.39 Å². The SMILES string of the molecule is CC(CO)(COc1ccccc1F)NC1CC1. The van der Waals surface area contributed by atoms with E-state index in [0.29, 0.717) is 6.04 Å². The van der Waals surface area contributed by atoms with Crippen molar-refractivity contribution < 1.29 is 14.2 Å². The summed E-state index contributed by atoms with van der Waals surface area (Å²) in [5.41, 5.74) is -0.510. The second-order valence-corrected chi connectivity index (χ2v) is 4.86. The second-order valence-electron chi connectivity index (χ2n) is 4.86. The Morgan fingerprint density at radius 2 is 2.18 bits per heavy atom. The zero-order valence-corrected chi connectivity index (χ0v) is 9.95. The first kappa shape index (κ1) is 12.3. The monoisotopic (exact) mass is 239 g/mol. The summed E-state index contributed by atoms with van der Waals surface area (Å²) < 4.78 is 18.8. The van der Waals surface area contributed by atoms with Crippen LogP contribution in [0.15, 0.2) is 24.3 Å². The molecule has 1 atom stereocenters. The molecule has 1 fully saturated rings. The van der Waals surface area contributed by atoms with Crippen molar-refractivity contribution in [2.75, 3.05) is 13.2 Å². The molecule has 0 aromatic heterocycles. The van der Waals surface area contributed by atoms with Crippen molar-refractivity contribution in [3.05, 3.63) is 30.1 Å². The maximum Gasteiger partial charge on any atom is 0.165 e. The van der Waals surface area contributed by atoms with Gasteiger partial charge in [0.2, 0.25) is 0 Å². The molecule has 0 saturated heterocycles. The summed E-state index contributed by atoms with van der Waals surface area (Å²) in [6.45, 7) is 2.10. The van der Waals surface area contributed by atoms with Gasteiger partial charge in [0, 0.05) is 6.04 Å². The number of nitrogens with one attached hydrogen (secondary N) is 1. The Labute approximate surface area is 101 Å². The molecule has 2 rings (SSSR count). The number of aliphatic hydroxyl groups excluding tert-OH is 1.